The van der Waals surface area contributed by atoms with Crippen molar-refractivity contribution >= 4 is 39.1 Å². The van der Waals surface area contributed by atoms with Crippen molar-refractivity contribution in [3.05, 3.63) is 17.0 Å². The zero-order chi connectivity index (χ0) is 14.6. The van der Waals surface area contributed by atoms with E-state index in [-0.39, 0.29) is 10.6 Å². The minimum atomic E-state index is -3.51. The number of rotatable bonds is 6. The molecule has 0 radical (unpaired) electrons. The van der Waals surface area contributed by atoms with E-state index < -0.39 is 16.0 Å². The van der Waals surface area contributed by atoms with Crippen LogP contribution in [0, 0.1) is 5.92 Å². The van der Waals surface area contributed by atoms with Crippen LogP contribution in [0.3, 0.4) is 0 Å². The SMILES string of the molecule is O=C(O)Cc1ccc(S(=O)(=O)NCC2CCSCC2)s1. The molecule has 8 heteroatoms. The van der Waals surface area contributed by atoms with Crippen LogP contribution in [0.5, 0.6) is 0 Å². The maximum absolute atomic E-state index is 12.1. The molecule has 2 heterocycles. The van der Waals surface area contributed by atoms with Gasteiger partial charge in [-0.2, -0.15) is 11.8 Å². The van der Waals surface area contributed by atoms with Gasteiger partial charge in [0.1, 0.15) is 4.21 Å². The minimum absolute atomic E-state index is 0.139. The maximum atomic E-state index is 12.1. The first-order valence-corrected chi connectivity index (χ1v) is 9.81. The summed E-state index contributed by atoms with van der Waals surface area (Å²) in [4.78, 5) is 11.1. The fourth-order valence-corrected chi connectivity index (χ4v) is 5.71. The highest BCUT2D eigenvalue weighted by molar-refractivity contribution is 7.99. The molecule has 0 aromatic carbocycles. The predicted molar refractivity (Wildman–Crippen MR) is 80.9 cm³/mol. The Kier molecular flexibility index (Phi) is 5.48. The zero-order valence-corrected chi connectivity index (χ0v) is 13.3. The van der Waals surface area contributed by atoms with Gasteiger partial charge in [-0.25, -0.2) is 13.1 Å². The number of carbonyl (C=O) groups is 1. The smallest absolute Gasteiger partial charge is 0.308 e. The first-order valence-electron chi connectivity index (χ1n) is 6.35. The standard InChI is InChI=1S/C12H17NO4S3/c14-11(15)7-10-1-2-12(19-10)20(16,17)13-8-9-3-5-18-6-4-9/h1-2,9,13H,3-8H2,(H,14,15). The third-order valence-electron chi connectivity index (χ3n) is 3.13. The van der Waals surface area contributed by atoms with Gasteiger partial charge in [0, 0.05) is 11.4 Å². The third-order valence-corrected chi connectivity index (χ3v) is 7.18. The molecule has 0 atom stereocenters. The van der Waals surface area contributed by atoms with Gasteiger partial charge in [0.15, 0.2) is 0 Å². The molecule has 0 aliphatic carbocycles. The molecule has 1 saturated heterocycles. The van der Waals surface area contributed by atoms with Gasteiger partial charge in [-0.3, -0.25) is 4.79 Å². The normalized spacial score (nSPS) is 17.2. The van der Waals surface area contributed by atoms with E-state index in [4.69, 9.17) is 5.11 Å². The Bertz CT molecular complexity index is 561. The summed E-state index contributed by atoms with van der Waals surface area (Å²) in [6.07, 6.45) is 1.95. The molecular weight excluding hydrogens is 318 g/mol. The van der Waals surface area contributed by atoms with Crippen LogP contribution in [-0.4, -0.2) is 37.5 Å². The molecule has 2 rings (SSSR count). The molecule has 0 amide bonds. The quantitative estimate of drug-likeness (QED) is 0.828. The van der Waals surface area contributed by atoms with Gasteiger partial charge in [-0.05, 0) is 42.4 Å². The van der Waals surface area contributed by atoms with Crippen molar-refractivity contribution in [1.82, 2.24) is 4.72 Å². The molecule has 1 aromatic heterocycles. The number of nitrogens with one attached hydrogen (secondary N) is 1. The van der Waals surface area contributed by atoms with Crippen LogP contribution in [0.4, 0.5) is 0 Å². The lowest BCUT2D eigenvalue weighted by Gasteiger charge is -2.21. The average molecular weight is 335 g/mol. The van der Waals surface area contributed by atoms with Gasteiger partial charge in [0.2, 0.25) is 10.0 Å². The lowest BCUT2D eigenvalue weighted by molar-refractivity contribution is -0.136. The van der Waals surface area contributed by atoms with E-state index in [1.54, 1.807) is 6.07 Å². The van der Waals surface area contributed by atoms with E-state index >= 15 is 0 Å². The lowest BCUT2D eigenvalue weighted by atomic mass is 10.0. The van der Waals surface area contributed by atoms with Gasteiger partial charge in [0.05, 0.1) is 6.42 Å². The van der Waals surface area contributed by atoms with E-state index in [9.17, 15) is 13.2 Å². The molecule has 0 saturated carbocycles. The Balaban J connectivity index is 1.95. The topological polar surface area (TPSA) is 83.5 Å². The summed E-state index contributed by atoms with van der Waals surface area (Å²) in [5, 5.41) is 8.69. The van der Waals surface area contributed by atoms with Gasteiger partial charge >= 0.3 is 5.97 Å². The molecule has 112 valence electrons. The fourth-order valence-electron chi connectivity index (χ4n) is 2.00. The van der Waals surface area contributed by atoms with E-state index in [1.807, 2.05) is 11.8 Å². The van der Waals surface area contributed by atoms with Crippen LogP contribution in [0.1, 0.15) is 17.7 Å². The van der Waals surface area contributed by atoms with Crippen LogP contribution in [0.2, 0.25) is 0 Å². The van der Waals surface area contributed by atoms with E-state index in [0.29, 0.717) is 17.3 Å². The Labute approximate surface area is 126 Å². The van der Waals surface area contributed by atoms with E-state index in [0.717, 1.165) is 35.7 Å². The van der Waals surface area contributed by atoms with Crippen molar-refractivity contribution in [3.8, 4) is 0 Å². The number of thiophene rings is 1. The van der Waals surface area contributed by atoms with Crippen LogP contribution < -0.4 is 4.72 Å². The predicted octanol–water partition coefficient (Wildman–Crippen LogP) is 1.80. The summed E-state index contributed by atoms with van der Waals surface area (Å²) in [5.41, 5.74) is 0. The highest BCUT2D eigenvalue weighted by Crippen LogP contribution is 2.24. The summed E-state index contributed by atoms with van der Waals surface area (Å²) >= 11 is 2.93. The van der Waals surface area contributed by atoms with Crippen molar-refractivity contribution in [2.45, 2.75) is 23.5 Å². The van der Waals surface area contributed by atoms with Crippen LogP contribution >= 0.6 is 23.1 Å². The second-order valence-corrected chi connectivity index (χ2v) is 9.09. The zero-order valence-electron chi connectivity index (χ0n) is 10.9. The highest BCUT2D eigenvalue weighted by Gasteiger charge is 2.20. The Hall–Kier alpha value is -0.570. The van der Waals surface area contributed by atoms with Crippen molar-refractivity contribution < 1.29 is 18.3 Å². The molecular formula is C12H17NO4S3. The number of sulfonamides is 1. The van der Waals surface area contributed by atoms with Crippen molar-refractivity contribution in [1.29, 1.82) is 0 Å². The molecule has 0 bridgehead atoms. The molecule has 20 heavy (non-hydrogen) atoms. The number of hydrogen-bond acceptors (Lipinski definition) is 5. The number of thioether (sulfide) groups is 1. The van der Waals surface area contributed by atoms with E-state index in [1.165, 1.54) is 6.07 Å². The summed E-state index contributed by atoms with van der Waals surface area (Å²) in [7, 11) is -3.51. The Morgan fingerprint density at radius 3 is 2.70 bits per heavy atom. The molecule has 1 fully saturated rings. The Morgan fingerprint density at radius 1 is 1.35 bits per heavy atom. The number of carboxylic acids is 1. The van der Waals surface area contributed by atoms with Crippen LogP contribution in [-0.2, 0) is 21.2 Å². The second-order valence-electron chi connectivity index (χ2n) is 4.70. The summed E-state index contributed by atoms with van der Waals surface area (Å²) in [6.45, 7) is 0.467. The number of hydrogen-bond donors (Lipinski definition) is 2. The lowest BCUT2D eigenvalue weighted by Crippen LogP contribution is -2.30. The van der Waals surface area contributed by atoms with Crippen LogP contribution in [0.15, 0.2) is 16.3 Å². The van der Waals surface area contributed by atoms with Gasteiger partial charge in [-0.1, -0.05) is 0 Å². The van der Waals surface area contributed by atoms with Gasteiger partial charge in [0.25, 0.3) is 0 Å². The molecule has 2 N–H and O–H groups in total. The minimum Gasteiger partial charge on any atom is -0.481 e. The first-order chi connectivity index (χ1) is 9.47. The molecule has 0 spiro atoms. The first kappa shape index (κ1) is 15.8. The highest BCUT2D eigenvalue weighted by atomic mass is 32.2. The molecule has 1 aliphatic heterocycles. The van der Waals surface area contributed by atoms with Crippen molar-refractivity contribution in [3.63, 3.8) is 0 Å². The molecule has 0 unspecified atom stereocenters. The second kappa shape index (κ2) is 6.93. The molecule has 5 nitrogen and oxygen atoms in total. The average Bonchev–Trinajstić information content (AvgIpc) is 2.86. The van der Waals surface area contributed by atoms with Gasteiger partial charge in [-0.15, -0.1) is 11.3 Å². The number of aliphatic carboxylic acids is 1. The number of carboxylic acid groups (broad SMARTS) is 1. The maximum Gasteiger partial charge on any atom is 0.308 e. The molecule has 1 aliphatic rings. The fraction of sp³-hybridized carbons (Fsp3) is 0.583. The van der Waals surface area contributed by atoms with Crippen molar-refractivity contribution in [2.75, 3.05) is 18.1 Å². The Morgan fingerprint density at radius 2 is 2.05 bits per heavy atom. The van der Waals surface area contributed by atoms with Crippen molar-refractivity contribution in [2.24, 2.45) is 5.92 Å². The third kappa shape index (κ3) is 4.47. The molecule has 1 aromatic rings. The van der Waals surface area contributed by atoms with E-state index in [2.05, 4.69) is 4.72 Å². The monoisotopic (exact) mass is 335 g/mol. The summed E-state index contributed by atoms with van der Waals surface area (Å²) in [6, 6.07) is 3.03. The largest absolute Gasteiger partial charge is 0.481 e. The summed E-state index contributed by atoms with van der Waals surface area (Å²) in [5.74, 6) is 1.63. The van der Waals surface area contributed by atoms with Gasteiger partial charge < -0.3 is 5.11 Å². The summed E-state index contributed by atoms with van der Waals surface area (Å²) < 4.78 is 27.1. The van der Waals surface area contributed by atoms with Crippen LogP contribution in [0.25, 0.3) is 0 Å².